The Kier molecular flexibility index (Phi) is 3.23. The van der Waals surface area contributed by atoms with Gasteiger partial charge in [-0.3, -0.25) is 4.79 Å². The lowest BCUT2D eigenvalue weighted by molar-refractivity contribution is 0.0706. The number of benzene rings is 1. The molecule has 1 aromatic heterocycles. The average Bonchev–Trinajstić information content (AvgIpc) is 2.68. The molecule has 0 radical (unpaired) electrons. The SMILES string of the molecule is CC(C)(N)C(C)(C)C(=O)c1cc2cc(Cl)ccc2o1. The number of ketones is 1. The van der Waals surface area contributed by atoms with Crippen molar-refractivity contribution in [2.24, 2.45) is 11.1 Å². The molecule has 0 amide bonds. The normalized spacial score (nSPS) is 12.9. The molecular formula is C15H18ClNO2. The van der Waals surface area contributed by atoms with Gasteiger partial charge in [0.1, 0.15) is 5.58 Å². The number of fused-ring (bicyclic) bond motifs is 1. The number of carbonyl (C=O) groups is 1. The van der Waals surface area contributed by atoms with Crippen LogP contribution in [0.5, 0.6) is 0 Å². The fraction of sp³-hybridized carbons (Fsp3) is 0.400. The van der Waals surface area contributed by atoms with Crippen LogP contribution >= 0.6 is 11.6 Å². The number of furan rings is 1. The number of hydrogen-bond donors (Lipinski definition) is 1. The molecule has 2 N–H and O–H groups in total. The Balaban J connectivity index is 2.48. The first-order valence-corrected chi connectivity index (χ1v) is 6.53. The predicted molar refractivity (Wildman–Crippen MR) is 77.6 cm³/mol. The van der Waals surface area contributed by atoms with Crippen molar-refractivity contribution in [3.8, 4) is 0 Å². The summed E-state index contributed by atoms with van der Waals surface area (Å²) in [6.45, 7) is 7.33. The molecule has 102 valence electrons. The molecule has 3 nitrogen and oxygen atoms in total. The van der Waals surface area contributed by atoms with E-state index in [9.17, 15) is 4.79 Å². The van der Waals surface area contributed by atoms with Gasteiger partial charge in [0.2, 0.25) is 5.78 Å². The van der Waals surface area contributed by atoms with Gasteiger partial charge in [0.05, 0.1) is 0 Å². The maximum Gasteiger partial charge on any atom is 0.205 e. The van der Waals surface area contributed by atoms with Gasteiger partial charge in [-0.05, 0) is 38.1 Å². The van der Waals surface area contributed by atoms with E-state index in [0.29, 0.717) is 16.4 Å². The molecule has 0 atom stereocenters. The lowest BCUT2D eigenvalue weighted by atomic mass is 9.71. The molecule has 0 aliphatic rings. The second-order valence-corrected chi connectivity index (χ2v) is 6.41. The molecule has 1 heterocycles. The van der Waals surface area contributed by atoms with Crippen LogP contribution in [-0.4, -0.2) is 11.3 Å². The third kappa shape index (κ3) is 2.40. The molecule has 1 aromatic carbocycles. The fourth-order valence-electron chi connectivity index (χ4n) is 1.73. The van der Waals surface area contributed by atoms with E-state index >= 15 is 0 Å². The minimum absolute atomic E-state index is 0.104. The van der Waals surface area contributed by atoms with E-state index in [4.69, 9.17) is 21.8 Å². The first-order valence-electron chi connectivity index (χ1n) is 6.16. The fourth-order valence-corrected chi connectivity index (χ4v) is 1.91. The number of Topliss-reactive ketones (excluding diaryl/α,β-unsaturated/α-hetero) is 1. The topological polar surface area (TPSA) is 56.2 Å². The van der Waals surface area contributed by atoms with E-state index in [1.54, 1.807) is 24.3 Å². The Morgan fingerprint density at radius 1 is 1.21 bits per heavy atom. The maximum absolute atomic E-state index is 12.6. The van der Waals surface area contributed by atoms with Crippen LogP contribution in [0.25, 0.3) is 11.0 Å². The van der Waals surface area contributed by atoms with Gasteiger partial charge in [-0.15, -0.1) is 0 Å². The average molecular weight is 280 g/mol. The van der Waals surface area contributed by atoms with Gasteiger partial charge in [0.15, 0.2) is 5.76 Å². The summed E-state index contributed by atoms with van der Waals surface area (Å²) in [6, 6.07) is 6.99. The van der Waals surface area contributed by atoms with Crippen LogP contribution in [0.15, 0.2) is 28.7 Å². The monoisotopic (exact) mass is 279 g/mol. The summed E-state index contributed by atoms with van der Waals surface area (Å²) in [5.41, 5.74) is 5.38. The summed E-state index contributed by atoms with van der Waals surface area (Å²) >= 11 is 5.92. The van der Waals surface area contributed by atoms with Gasteiger partial charge in [0.25, 0.3) is 0 Å². The second-order valence-electron chi connectivity index (χ2n) is 5.97. The van der Waals surface area contributed by atoms with Gasteiger partial charge in [-0.25, -0.2) is 0 Å². The summed E-state index contributed by atoms with van der Waals surface area (Å²) < 4.78 is 5.60. The lowest BCUT2D eigenvalue weighted by Gasteiger charge is -2.36. The third-order valence-electron chi connectivity index (χ3n) is 3.88. The molecule has 0 bridgehead atoms. The molecule has 2 aromatic rings. The number of carbonyl (C=O) groups excluding carboxylic acids is 1. The lowest BCUT2D eigenvalue weighted by Crippen LogP contribution is -2.51. The van der Waals surface area contributed by atoms with Gasteiger partial charge >= 0.3 is 0 Å². The summed E-state index contributed by atoms with van der Waals surface area (Å²) in [4.78, 5) is 12.6. The van der Waals surface area contributed by atoms with Crippen molar-refractivity contribution < 1.29 is 9.21 Å². The quantitative estimate of drug-likeness (QED) is 0.863. The molecule has 0 fully saturated rings. The summed E-state index contributed by atoms with van der Waals surface area (Å²) in [6.07, 6.45) is 0. The van der Waals surface area contributed by atoms with Crippen molar-refractivity contribution in [3.63, 3.8) is 0 Å². The molecule has 0 aliphatic carbocycles. The van der Waals surface area contributed by atoms with Crippen LogP contribution in [0, 0.1) is 5.41 Å². The van der Waals surface area contributed by atoms with E-state index in [1.165, 1.54) is 0 Å². The largest absolute Gasteiger partial charge is 0.453 e. The van der Waals surface area contributed by atoms with Crippen molar-refractivity contribution in [3.05, 3.63) is 35.0 Å². The van der Waals surface area contributed by atoms with Gasteiger partial charge in [-0.1, -0.05) is 25.4 Å². The zero-order chi connectivity index (χ0) is 14.4. The molecule has 19 heavy (non-hydrogen) atoms. The second kappa shape index (κ2) is 4.36. The molecule has 2 rings (SSSR count). The zero-order valence-electron chi connectivity index (χ0n) is 11.6. The van der Waals surface area contributed by atoms with Gasteiger partial charge in [0, 0.05) is 21.4 Å². The van der Waals surface area contributed by atoms with Crippen molar-refractivity contribution in [1.82, 2.24) is 0 Å². The maximum atomic E-state index is 12.6. The van der Waals surface area contributed by atoms with Crippen LogP contribution < -0.4 is 5.73 Å². The van der Waals surface area contributed by atoms with E-state index in [0.717, 1.165) is 5.39 Å². The highest BCUT2D eigenvalue weighted by Crippen LogP contribution is 2.34. The third-order valence-corrected chi connectivity index (χ3v) is 4.12. The first-order chi connectivity index (χ1) is 8.63. The van der Waals surface area contributed by atoms with Crippen LogP contribution in [-0.2, 0) is 0 Å². The molecule has 0 spiro atoms. The minimum Gasteiger partial charge on any atom is -0.453 e. The van der Waals surface area contributed by atoms with Crippen molar-refractivity contribution in [1.29, 1.82) is 0 Å². The molecule has 0 saturated carbocycles. The molecule has 0 aliphatic heterocycles. The van der Waals surface area contributed by atoms with Crippen LogP contribution in [0.3, 0.4) is 0 Å². The van der Waals surface area contributed by atoms with E-state index < -0.39 is 11.0 Å². The van der Waals surface area contributed by atoms with E-state index in [-0.39, 0.29) is 5.78 Å². The molecule has 0 saturated heterocycles. The van der Waals surface area contributed by atoms with E-state index in [1.807, 2.05) is 27.7 Å². The smallest absolute Gasteiger partial charge is 0.205 e. The standard InChI is InChI=1S/C15H18ClNO2/c1-14(2,15(3,4)17)13(18)12-8-9-7-10(16)5-6-11(9)19-12/h5-8H,17H2,1-4H3. The van der Waals surface area contributed by atoms with Gasteiger partial charge in [-0.2, -0.15) is 0 Å². The zero-order valence-corrected chi connectivity index (χ0v) is 12.3. The van der Waals surface area contributed by atoms with Crippen LogP contribution in [0.4, 0.5) is 0 Å². The Bertz CT molecular complexity index is 635. The molecular weight excluding hydrogens is 262 g/mol. The van der Waals surface area contributed by atoms with E-state index in [2.05, 4.69) is 0 Å². The minimum atomic E-state index is -0.718. The van der Waals surface area contributed by atoms with Gasteiger partial charge < -0.3 is 10.2 Å². The van der Waals surface area contributed by atoms with Crippen molar-refractivity contribution in [2.75, 3.05) is 0 Å². The van der Waals surface area contributed by atoms with Crippen LogP contribution in [0.2, 0.25) is 5.02 Å². The number of rotatable bonds is 3. The van der Waals surface area contributed by atoms with Crippen LogP contribution in [0.1, 0.15) is 38.2 Å². The van der Waals surface area contributed by atoms with Crippen molar-refractivity contribution in [2.45, 2.75) is 33.2 Å². The highest BCUT2D eigenvalue weighted by molar-refractivity contribution is 6.31. The Labute approximate surface area is 117 Å². The molecule has 4 heteroatoms. The Morgan fingerprint density at radius 3 is 2.42 bits per heavy atom. The number of hydrogen-bond acceptors (Lipinski definition) is 3. The predicted octanol–water partition coefficient (Wildman–Crippen LogP) is 4.03. The summed E-state index contributed by atoms with van der Waals surface area (Å²) in [5.74, 6) is 0.216. The Hall–Kier alpha value is -1.32. The summed E-state index contributed by atoms with van der Waals surface area (Å²) in [7, 11) is 0. The number of halogens is 1. The first kappa shape index (κ1) is 14.1. The molecule has 0 unspecified atom stereocenters. The number of nitrogens with two attached hydrogens (primary N) is 1. The summed E-state index contributed by atoms with van der Waals surface area (Å²) in [5, 5.41) is 1.44. The van der Waals surface area contributed by atoms with Crippen molar-refractivity contribution >= 4 is 28.4 Å². The highest BCUT2D eigenvalue weighted by Gasteiger charge is 2.42. The Morgan fingerprint density at radius 2 is 1.84 bits per heavy atom. The highest BCUT2D eigenvalue weighted by atomic mass is 35.5.